The van der Waals surface area contributed by atoms with Gasteiger partial charge in [0.25, 0.3) is 0 Å². The Morgan fingerprint density at radius 3 is 1.91 bits per heavy atom. The molecule has 1 atom stereocenters. The Hall–Kier alpha value is -0.820. The van der Waals surface area contributed by atoms with E-state index < -0.39 is 41.3 Å². The lowest BCUT2D eigenvalue weighted by atomic mass is 9.51. The van der Waals surface area contributed by atoms with Crippen LogP contribution in [0.5, 0.6) is 0 Å². The molecule has 0 aromatic rings. The number of aliphatic hydroxyl groups is 2. The van der Waals surface area contributed by atoms with Crippen molar-refractivity contribution in [3.8, 4) is 0 Å². The molecule has 0 radical (unpaired) electrons. The van der Waals surface area contributed by atoms with Gasteiger partial charge in [-0.05, 0) is 57.3 Å². The predicted molar refractivity (Wildman–Crippen MR) is 74.3 cm³/mol. The lowest BCUT2D eigenvalue weighted by molar-refractivity contribution is -0.290. The van der Waals surface area contributed by atoms with E-state index in [1.54, 1.807) is 0 Å². The van der Waals surface area contributed by atoms with Crippen molar-refractivity contribution in [1.29, 1.82) is 0 Å². The van der Waals surface area contributed by atoms with Gasteiger partial charge in [-0.3, -0.25) is 4.79 Å². The third kappa shape index (κ3) is 2.38. The maximum atomic E-state index is 13.2. The van der Waals surface area contributed by atoms with Crippen LogP contribution in [0, 0.1) is 17.3 Å². The highest BCUT2D eigenvalue weighted by Crippen LogP contribution is 2.59. The van der Waals surface area contributed by atoms with E-state index in [4.69, 9.17) is 4.74 Å². The molecule has 4 rings (SSSR count). The Morgan fingerprint density at radius 1 is 1.13 bits per heavy atom. The average molecular weight is 336 g/mol. The van der Waals surface area contributed by atoms with Crippen LogP contribution in [0.3, 0.4) is 0 Å². The van der Waals surface area contributed by atoms with Gasteiger partial charge in [0.2, 0.25) is 0 Å². The average Bonchev–Trinajstić information content (AvgIpc) is 2.38. The molecule has 0 aromatic heterocycles. The number of hydrogen-bond donors (Lipinski definition) is 2. The maximum Gasteiger partial charge on any atom is 0.404 e. The smallest absolute Gasteiger partial charge is 0.404 e. The highest BCUT2D eigenvalue weighted by atomic mass is 19.4. The van der Waals surface area contributed by atoms with Crippen LogP contribution in [0.2, 0.25) is 0 Å². The molecule has 0 saturated heterocycles. The van der Waals surface area contributed by atoms with Crippen molar-refractivity contribution < 1.29 is 32.9 Å². The number of carbonyl (C=O) groups excluding carboxylic acids is 1. The minimum absolute atomic E-state index is 0.146. The van der Waals surface area contributed by atoms with Crippen molar-refractivity contribution in [3.63, 3.8) is 0 Å². The molecule has 2 N–H and O–H groups in total. The van der Waals surface area contributed by atoms with Gasteiger partial charge in [0.05, 0.1) is 0 Å². The molecule has 4 bridgehead atoms. The standard InChI is InChI=1S/C16H23F3O4/c1-3-13(2,16(17,18)19)12(20)23-11-14(21)5-9-4-10(7-14)8-15(11,22)6-9/h9-11,21-22H,3-8H2,1-2H3. The number of ether oxygens (including phenoxy) is 1. The SMILES string of the molecule is CCC(C)(C(=O)OC1C2(O)CC3CC(C2)CC1(O)C3)C(F)(F)F. The van der Waals surface area contributed by atoms with E-state index in [9.17, 15) is 28.2 Å². The molecule has 1 unspecified atom stereocenters. The highest BCUT2D eigenvalue weighted by Gasteiger charge is 2.66. The third-order valence-corrected chi connectivity index (χ3v) is 6.22. The second-order valence-electron chi connectivity index (χ2n) is 7.96. The maximum absolute atomic E-state index is 13.2. The first-order valence-electron chi connectivity index (χ1n) is 8.16. The molecule has 4 aliphatic carbocycles. The fourth-order valence-corrected chi connectivity index (χ4v) is 4.96. The van der Waals surface area contributed by atoms with Crippen LogP contribution in [-0.2, 0) is 9.53 Å². The number of carbonyl (C=O) groups is 1. The molecule has 0 aliphatic heterocycles. The minimum Gasteiger partial charge on any atom is -0.456 e. The Bertz CT molecular complexity index is 482. The van der Waals surface area contributed by atoms with Gasteiger partial charge in [-0.2, -0.15) is 13.2 Å². The lowest BCUT2D eigenvalue weighted by Gasteiger charge is -2.61. The second kappa shape index (κ2) is 4.85. The first-order valence-corrected chi connectivity index (χ1v) is 8.16. The van der Waals surface area contributed by atoms with E-state index in [0.29, 0.717) is 25.7 Å². The van der Waals surface area contributed by atoms with E-state index in [1.165, 1.54) is 6.92 Å². The van der Waals surface area contributed by atoms with E-state index in [-0.39, 0.29) is 11.8 Å². The largest absolute Gasteiger partial charge is 0.456 e. The first kappa shape index (κ1) is 17.0. The molecular weight excluding hydrogens is 313 g/mol. The van der Waals surface area contributed by atoms with Crippen molar-refractivity contribution in [1.82, 2.24) is 0 Å². The lowest BCUT2D eigenvalue weighted by Crippen LogP contribution is -2.70. The molecule has 4 saturated carbocycles. The Morgan fingerprint density at radius 2 is 1.57 bits per heavy atom. The zero-order valence-corrected chi connectivity index (χ0v) is 13.3. The van der Waals surface area contributed by atoms with Crippen LogP contribution in [0.1, 0.15) is 52.4 Å². The van der Waals surface area contributed by atoms with Crippen LogP contribution in [0.4, 0.5) is 13.2 Å². The van der Waals surface area contributed by atoms with Crippen molar-refractivity contribution in [2.75, 3.05) is 0 Å². The molecule has 4 fully saturated rings. The minimum atomic E-state index is -4.74. The van der Waals surface area contributed by atoms with Gasteiger partial charge < -0.3 is 14.9 Å². The molecule has 4 aliphatic rings. The van der Waals surface area contributed by atoms with Crippen molar-refractivity contribution in [2.45, 2.75) is 75.9 Å². The molecule has 23 heavy (non-hydrogen) atoms. The summed E-state index contributed by atoms with van der Waals surface area (Å²) in [6.45, 7) is 2.08. The summed E-state index contributed by atoms with van der Waals surface area (Å²) in [4.78, 5) is 12.3. The molecule has 0 heterocycles. The summed E-state index contributed by atoms with van der Waals surface area (Å²) in [5.41, 5.74) is -5.45. The number of alkyl halides is 3. The molecule has 0 spiro atoms. The zero-order chi connectivity index (χ0) is 17.3. The summed E-state index contributed by atoms with van der Waals surface area (Å²) >= 11 is 0. The summed E-state index contributed by atoms with van der Waals surface area (Å²) in [6.07, 6.45) is -4.06. The number of hydrogen-bond acceptors (Lipinski definition) is 4. The van der Waals surface area contributed by atoms with Crippen molar-refractivity contribution in [3.05, 3.63) is 0 Å². The molecule has 132 valence electrons. The predicted octanol–water partition coefficient (Wildman–Crippen LogP) is 2.56. The zero-order valence-electron chi connectivity index (χ0n) is 13.3. The van der Waals surface area contributed by atoms with E-state index in [0.717, 1.165) is 13.3 Å². The van der Waals surface area contributed by atoms with Crippen LogP contribution in [-0.4, -0.2) is 39.7 Å². The Kier molecular flexibility index (Phi) is 3.59. The van der Waals surface area contributed by atoms with Gasteiger partial charge in [0, 0.05) is 0 Å². The van der Waals surface area contributed by atoms with Crippen molar-refractivity contribution >= 4 is 5.97 Å². The van der Waals surface area contributed by atoms with Gasteiger partial charge >= 0.3 is 12.1 Å². The van der Waals surface area contributed by atoms with E-state index >= 15 is 0 Å². The second-order valence-corrected chi connectivity index (χ2v) is 7.96. The number of rotatable bonds is 3. The van der Waals surface area contributed by atoms with Gasteiger partial charge in [-0.25, -0.2) is 0 Å². The summed E-state index contributed by atoms with van der Waals surface area (Å²) in [5.74, 6) is -1.12. The monoisotopic (exact) mass is 336 g/mol. The van der Waals surface area contributed by atoms with Crippen LogP contribution < -0.4 is 0 Å². The summed E-state index contributed by atoms with van der Waals surface area (Å²) < 4.78 is 44.9. The quantitative estimate of drug-likeness (QED) is 0.778. The normalized spacial score (nSPS) is 44.9. The number of halogens is 3. The molecule has 7 heteroatoms. The fourth-order valence-electron chi connectivity index (χ4n) is 4.96. The van der Waals surface area contributed by atoms with Crippen molar-refractivity contribution in [2.24, 2.45) is 17.3 Å². The Labute approximate surface area is 133 Å². The van der Waals surface area contributed by atoms with Gasteiger partial charge in [0.15, 0.2) is 11.5 Å². The molecule has 0 amide bonds. The van der Waals surface area contributed by atoms with E-state index in [1.807, 2.05) is 0 Å². The molecule has 4 nitrogen and oxygen atoms in total. The van der Waals surface area contributed by atoms with Crippen LogP contribution >= 0.6 is 0 Å². The van der Waals surface area contributed by atoms with Gasteiger partial charge in [-0.15, -0.1) is 0 Å². The molecular formula is C16H23F3O4. The Balaban J connectivity index is 1.86. The fraction of sp³-hybridized carbons (Fsp3) is 0.938. The molecule has 0 aromatic carbocycles. The summed E-state index contributed by atoms with van der Waals surface area (Å²) in [6, 6.07) is 0. The van der Waals surface area contributed by atoms with Gasteiger partial charge in [-0.1, -0.05) is 6.92 Å². The summed E-state index contributed by atoms with van der Waals surface area (Å²) in [5, 5.41) is 21.6. The number of esters is 1. The first-order chi connectivity index (χ1) is 10.4. The highest BCUT2D eigenvalue weighted by molar-refractivity contribution is 5.77. The van der Waals surface area contributed by atoms with Gasteiger partial charge in [0.1, 0.15) is 11.2 Å². The van der Waals surface area contributed by atoms with E-state index in [2.05, 4.69) is 0 Å². The third-order valence-electron chi connectivity index (χ3n) is 6.22. The van der Waals surface area contributed by atoms with Crippen LogP contribution in [0.15, 0.2) is 0 Å². The van der Waals surface area contributed by atoms with Crippen LogP contribution in [0.25, 0.3) is 0 Å². The summed E-state index contributed by atoms with van der Waals surface area (Å²) in [7, 11) is 0. The topological polar surface area (TPSA) is 66.8 Å².